The smallest absolute Gasteiger partial charge is 0.270 e. The molecule has 0 aliphatic rings. The molecule has 122 valence electrons. The molecule has 0 radical (unpaired) electrons. The van der Waals surface area contributed by atoms with E-state index in [1.165, 1.54) is 6.07 Å². The van der Waals surface area contributed by atoms with Gasteiger partial charge in [0.25, 0.3) is 5.91 Å². The molecule has 5 heteroatoms. The number of hydrogen-bond acceptors (Lipinski definition) is 3. The fraction of sp³-hybridized carbons (Fsp3) is 0.333. The zero-order valence-corrected chi connectivity index (χ0v) is 13.5. The second-order valence-electron chi connectivity index (χ2n) is 5.48. The molecular weight excluding hydrogens is 293 g/mol. The van der Waals surface area contributed by atoms with E-state index >= 15 is 0 Å². The molecule has 0 fully saturated rings. The van der Waals surface area contributed by atoms with Gasteiger partial charge in [0.1, 0.15) is 11.5 Å². The number of carbonyl (C=O) groups is 1. The number of pyridine rings is 1. The minimum absolute atomic E-state index is 0.113. The Morgan fingerprint density at radius 1 is 1.30 bits per heavy atom. The molecule has 1 aromatic heterocycles. The van der Waals surface area contributed by atoms with Crippen molar-refractivity contribution in [1.82, 2.24) is 10.3 Å². The van der Waals surface area contributed by atoms with Gasteiger partial charge in [0, 0.05) is 24.5 Å². The molecular formula is C18H22FN3O. The molecule has 1 aromatic carbocycles. The Kier molecular flexibility index (Phi) is 6.09. The number of nitrogens with one attached hydrogen (secondary N) is 2. The molecule has 2 aromatic rings. The Bertz CT molecular complexity index is 660. The van der Waals surface area contributed by atoms with E-state index < -0.39 is 0 Å². The Balaban J connectivity index is 1.92. The number of amides is 1. The van der Waals surface area contributed by atoms with Crippen molar-refractivity contribution in [2.24, 2.45) is 0 Å². The lowest BCUT2D eigenvalue weighted by atomic mass is 10.1. The topological polar surface area (TPSA) is 54.0 Å². The highest BCUT2D eigenvalue weighted by molar-refractivity contribution is 5.93. The van der Waals surface area contributed by atoms with Gasteiger partial charge in [0.05, 0.1) is 0 Å². The van der Waals surface area contributed by atoms with Crippen molar-refractivity contribution in [2.45, 2.75) is 32.7 Å². The minimum atomic E-state index is -0.197. The zero-order valence-electron chi connectivity index (χ0n) is 13.5. The standard InChI is InChI=1S/C18H22FN3O/c1-3-13(2)22-18(23)17-12-15(9-11-21-17)20-10-8-14-6-4-5-7-16(14)19/h4-7,9,11-13H,3,8,10H2,1-2H3,(H,20,21)(H,22,23). The van der Waals surface area contributed by atoms with E-state index in [0.717, 1.165) is 12.1 Å². The number of hydrogen-bond donors (Lipinski definition) is 2. The van der Waals surface area contributed by atoms with Crippen LogP contribution >= 0.6 is 0 Å². The highest BCUT2D eigenvalue weighted by Crippen LogP contribution is 2.11. The van der Waals surface area contributed by atoms with Crippen molar-refractivity contribution in [2.75, 3.05) is 11.9 Å². The first-order valence-electron chi connectivity index (χ1n) is 7.84. The van der Waals surface area contributed by atoms with Crippen LogP contribution in [-0.4, -0.2) is 23.5 Å². The average Bonchev–Trinajstić information content (AvgIpc) is 2.56. The lowest BCUT2D eigenvalue weighted by Crippen LogP contribution is -2.32. The van der Waals surface area contributed by atoms with Gasteiger partial charge in [-0.3, -0.25) is 9.78 Å². The molecule has 0 saturated heterocycles. The number of carbonyl (C=O) groups excluding carboxylic acids is 1. The average molecular weight is 315 g/mol. The minimum Gasteiger partial charge on any atom is -0.385 e. The van der Waals surface area contributed by atoms with Gasteiger partial charge < -0.3 is 10.6 Å². The first-order chi connectivity index (χ1) is 11.1. The first-order valence-corrected chi connectivity index (χ1v) is 7.84. The van der Waals surface area contributed by atoms with Crippen LogP contribution in [0.3, 0.4) is 0 Å². The summed E-state index contributed by atoms with van der Waals surface area (Å²) in [6.07, 6.45) is 3.03. The van der Waals surface area contributed by atoms with E-state index in [0.29, 0.717) is 24.2 Å². The number of anilines is 1. The molecule has 1 amide bonds. The van der Waals surface area contributed by atoms with Gasteiger partial charge in [-0.25, -0.2) is 4.39 Å². The van der Waals surface area contributed by atoms with E-state index in [1.54, 1.807) is 30.5 Å². The van der Waals surface area contributed by atoms with Crippen LogP contribution in [0.5, 0.6) is 0 Å². The number of rotatable bonds is 7. The fourth-order valence-corrected chi connectivity index (χ4v) is 2.11. The number of benzene rings is 1. The molecule has 4 nitrogen and oxygen atoms in total. The van der Waals surface area contributed by atoms with Gasteiger partial charge in [0.2, 0.25) is 0 Å². The summed E-state index contributed by atoms with van der Waals surface area (Å²) >= 11 is 0. The Labute approximate surface area is 136 Å². The van der Waals surface area contributed by atoms with Crippen LogP contribution in [0, 0.1) is 5.82 Å². The van der Waals surface area contributed by atoms with Crippen molar-refractivity contribution < 1.29 is 9.18 Å². The van der Waals surface area contributed by atoms with Crippen LogP contribution in [0.4, 0.5) is 10.1 Å². The van der Waals surface area contributed by atoms with E-state index in [4.69, 9.17) is 0 Å². The maximum absolute atomic E-state index is 13.5. The van der Waals surface area contributed by atoms with Crippen LogP contribution in [-0.2, 0) is 6.42 Å². The normalized spacial score (nSPS) is 11.8. The molecule has 0 aliphatic heterocycles. The van der Waals surface area contributed by atoms with Gasteiger partial charge in [-0.15, -0.1) is 0 Å². The van der Waals surface area contributed by atoms with Gasteiger partial charge in [-0.05, 0) is 43.5 Å². The molecule has 0 spiro atoms. The fourth-order valence-electron chi connectivity index (χ4n) is 2.11. The number of nitrogens with zero attached hydrogens (tertiary/aromatic N) is 1. The number of aromatic nitrogens is 1. The predicted octanol–water partition coefficient (Wildman–Crippen LogP) is 3.40. The van der Waals surface area contributed by atoms with Gasteiger partial charge >= 0.3 is 0 Å². The molecule has 23 heavy (non-hydrogen) atoms. The summed E-state index contributed by atoms with van der Waals surface area (Å²) in [4.78, 5) is 16.2. The highest BCUT2D eigenvalue weighted by atomic mass is 19.1. The zero-order chi connectivity index (χ0) is 16.7. The second-order valence-corrected chi connectivity index (χ2v) is 5.48. The third-order valence-electron chi connectivity index (χ3n) is 3.66. The molecule has 2 N–H and O–H groups in total. The molecule has 0 bridgehead atoms. The third-order valence-corrected chi connectivity index (χ3v) is 3.66. The van der Waals surface area contributed by atoms with Crippen molar-refractivity contribution in [1.29, 1.82) is 0 Å². The monoisotopic (exact) mass is 315 g/mol. The van der Waals surface area contributed by atoms with E-state index in [2.05, 4.69) is 15.6 Å². The highest BCUT2D eigenvalue weighted by Gasteiger charge is 2.10. The van der Waals surface area contributed by atoms with Crippen LogP contribution < -0.4 is 10.6 Å². The summed E-state index contributed by atoms with van der Waals surface area (Å²) < 4.78 is 13.5. The quantitative estimate of drug-likeness (QED) is 0.823. The summed E-state index contributed by atoms with van der Waals surface area (Å²) in [6, 6.07) is 10.3. The second kappa shape index (κ2) is 8.27. The maximum atomic E-state index is 13.5. The molecule has 0 aliphatic carbocycles. The van der Waals surface area contributed by atoms with Gasteiger partial charge in [0.15, 0.2) is 0 Å². The van der Waals surface area contributed by atoms with Gasteiger partial charge in [-0.2, -0.15) is 0 Å². The van der Waals surface area contributed by atoms with E-state index in [9.17, 15) is 9.18 Å². The summed E-state index contributed by atoms with van der Waals surface area (Å²) in [5.41, 5.74) is 1.84. The first kappa shape index (κ1) is 16.9. The summed E-state index contributed by atoms with van der Waals surface area (Å²) in [7, 11) is 0. The van der Waals surface area contributed by atoms with Crippen molar-refractivity contribution in [3.63, 3.8) is 0 Å². The molecule has 1 unspecified atom stereocenters. The lowest BCUT2D eigenvalue weighted by molar-refractivity contribution is 0.0934. The Morgan fingerprint density at radius 2 is 2.09 bits per heavy atom. The maximum Gasteiger partial charge on any atom is 0.270 e. The predicted molar refractivity (Wildman–Crippen MR) is 90.0 cm³/mol. The molecule has 1 heterocycles. The lowest BCUT2D eigenvalue weighted by Gasteiger charge is -2.12. The summed E-state index contributed by atoms with van der Waals surface area (Å²) in [6.45, 7) is 4.55. The SMILES string of the molecule is CCC(C)NC(=O)c1cc(NCCc2ccccc2F)ccn1. The molecule has 0 saturated carbocycles. The molecule has 2 rings (SSSR count). The van der Waals surface area contributed by atoms with Crippen LogP contribution in [0.2, 0.25) is 0 Å². The van der Waals surface area contributed by atoms with E-state index in [-0.39, 0.29) is 17.8 Å². The van der Waals surface area contributed by atoms with Crippen LogP contribution in [0.25, 0.3) is 0 Å². The Hall–Kier alpha value is -2.43. The van der Waals surface area contributed by atoms with Crippen molar-refractivity contribution >= 4 is 11.6 Å². The molecule has 1 atom stereocenters. The largest absolute Gasteiger partial charge is 0.385 e. The summed E-state index contributed by atoms with van der Waals surface area (Å²) in [5, 5.41) is 6.08. The van der Waals surface area contributed by atoms with Crippen molar-refractivity contribution in [3.05, 3.63) is 59.7 Å². The van der Waals surface area contributed by atoms with Gasteiger partial charge in [-0.1, -0.05) is 25.1 Å². The van der Waals surface area contributed by atoms with E-state index in [1.807, 2.05) is 19.9 Å². The van der Waals surface area contributed by atoms with Crippen LogP contribution in [0.15, 0.2) is 42.6 Å². The number of halogens is 1. The van der Waals surface area contributed by atoms with Crippen LogP contribution in [0.1, 0.15) is 36.3 Å². The summed E-state index contributed by atoms with van der Waals surface area (Å²) in [5.74, 6) is -0.380. The van der Waals surface area contributed by atoms with Crippen molar-refractivity contribution in [3.8, 4) is 0 Å². The Morgan fingerprint density at radius 3 is 2.83 bits per heavy atom. The third kappa shape index (κ3) is 5.06.